The van der Waals surface area contributed by atoms with Gasteiger partial charge in [-0.05, 0) is 32.5 Å². The monoisotopic (exact) mass is 230 g/mol. The van der Waals surface area contributed by atoms with E-state index in [4.69, 9.17) is 9.16 Å². The number of carbonyl (C=O) groups is 1. The van der Waals surface area contributed by atoms with Crippen molar-refractivity contribution in [1.29, 1.82) is 0 Å². The standard InChI is InChI=1S/C11H22O3Si/c1-6-11(12)14-10(2)8-7-9-15(4,5)13-3/h6,10H,1,7-9H2,2-5H3. The van der Waals surface area contributed by atoms with Gasteiger partial charge in [0, 0.05) is 13.2 Å². The molecule has 0 aromatic carbocycles. The first-order valence-corrected chi connectivity index (χ1v) is 8.41. The van der Waals surface area contributed by atoms with E-state index in [1.807, 2.05) is 6.92 Å². The molecular formula is C11H22O3Si. The van der Waals surface area contributed by atoms with E-state index >= 15 is 0 Å². The van der Waals surface area contributed by atoms with E-state index in [-0.39, 0.29) is 12.1 Å². The number of hydrogen-bond acceptors (Lipinski definition) is 3. The molecule has 0 aliphatic rings. The summed E-state index contributed by atoms with van der Waals surface area (Å²) in [5.41, 5.74) is 0. The van der Waals surface area contributed by atoms with Crippen LogP contribution in [0.1, 0.15) is 19.8 Å². The third-order valence-electron chi connectivity index (χ3n) is 2.43. The van der Waals surface area contributed by atoms with Gasteiger partial charge in [0.2, 0.25) is 0 Å². The van der Waals surface area contributed by atoms with Crippen molar-refractivity contribution < 1.29 is 14.0 Å². The molecule has 0 rings (SSSR count). The molecule has 0 aliphatic carbocycles. The third kappa shape index (κ3) is 7.33. The van der Waals surface area contributed by atoms with Crippen molar-refractivity contribution in [3.05, 3.63) is 12.7 Å². The second kappa shape index (κ2) is 6.79. The largest absolute Gasteiger partial charge is 0.460 e. The minimum absolute atomic E-state index is 0.0304. The lowest BCUT2D eigenvalue weighted by Gasteiger charge is -2.20. The molecule has 3 nitrogen and oxygen atoms in total. The van der Waals surface area contributed by atoms with E-state index in [1.54, 1.807) is 7.11 Å². The smallest absolute Gasteiger partial charge is 0.330 e. The molecule has 0 spiro atoms. The highest BCUT2D eigenvalue weighted by Crippen LogP contribution is 2.15. The second-order valence-electron chi connectivity index (χ2n) is 4.31. The first-order valence-electron chi connectivity index (χ1n) is 5.29. The van der Waals surface area contributed by atoms with E-state index < -0.39 is 8.32 Å². The first-order chi connectivity index (χ1) is 6.91. The lowest BCUT2D eigenvalue weighted by atomic mass is 10.2. The van der Waals surface area contributed by atoms with Crippen molar-refractivity contribution >= 4 is 14.3 Å². The fourth-order valence-corrected chi connectivity index (χ4v) is 2.48. The third-order valence-corrected chi connectivity index (χ3v) is 5.09. The average Bonchev–Trinajstić information content (AvgIpc) is 2.17. The van der Waals surface area contributed by atoms with Gasteiger partial charge in [-0.3, -0.25) is 0 Å². The Kier molecular flexibility index (Phi) is 6.52. The molecule has 15 heavy (non-hydrogen) atoms. The number of ether oxygens (including phenoxy) is 1. The predicted molar refractivity (Wildman–Crippen MR) is 64.3 cm³/mol. The number of esters is 1. The SMILES string of the molecule is C=CC(=O)OC(C)CCC[Si](C)(C)OC. The molecular weight excluding hydrogens is 208 g/mol. The fourth-order valence-electron chi connectivity index (χ4n) is 1.22. The molecule has 0 amide bonds. The maximum atomic E-state index is 10.9. The van der Waals surface area contributed by atoms with E-state index in [2.05, 4.69) is 19.7 Å². The molecule has 0 aromatic rings. The van der Waals surface area contributed by atoms with Crippen molar-refractivity contribution in [3.8, 4) is 0 Å². The van der Waals surface area contributed by atoms with Crippen LogP contribution in [-0.2, 0) is 14.0 Å². The maximum absolute atomic E-state index is 10.9. The zero-order chi connectivity index (χ0) is 11.9. The van der Waals surface area contributed by atoms with Gasteiger partial charge in [-0.2, -0.15) is 0 Å². The molecule has 0 aromatic heterocycles. The molecule has 1 atom stereocenters. The van der Waals surface area contributed by atoms with E-state index in [0.717, 1.165) is 18.9 Å². The van der Waals surface area contributed by atoms with Crippen LogP contribution in [-0.4, -0.2) is 27.5 Å². The lowest BCUT2D eigenvalue weighted by Crippen LogP contribution is -2.28. The summed E-state index contributed by atoms with van der Waals surface area (Å²) in [5, 5.41) is 0. The van der Waals surface area contributed by atoms with Gasteiger partial charge >= 0.3 is 5.97 Å². The Labute approximate surface area is 93.6 Å². The predicted octanol–water partition coefficient (Wildman–Crippen LogP) is 2.74. The molecule has 1 unspecified atom stereocenters. The molecule has 0 N–H and O–H groups in total. The van der Waals surface area contributed by atoms with Gasteiger partial charge in [0.15, 0.2) is 8.32 Å². The molecule has 0 radical (unpaired) electrons. The summed E-state index contributed by atoms with van der Waals surface area (Å²) in [6.45, 7) is 9.64. The molecule has 88 valence electrons. The highest BCUT2D eigenvalue weighted by atomic mass is 28.4. The van der Waals surface area contributed by atoms with Crippen LogP contribution in [0.25, 0.3) is 0 Å². The second-order valence-corrected chi connectivity index (χ2v) is 8.74. The van der Waals surface area contributed by atoms with Crippen LogP contribution in [0.5, 0.6) is 0 Å². The van der Waals surface area contributed by atoms with Gasteiger partial charge in [-0.1, -0.05) is 13.0 Å². The Morgan fingerprint density at radius 2 is 2.13 bits per heavy atom. The number of rotatable bonds is 7. The first kappa shape index (κ1) is 14.4. The van der Waals surface area contributed by atoms with E-state index in [0.29, 0.717) is 0 Å². The average molecular weight is 230 g/mol. The van der Waals surface area contributed by atoms with Crippen LogP contribution in [0.2, 0.25) is 19.1 Å². The minimum Gasteiger partial charge on any atom is -0.460 e. The van der Waals surface area contributed by atoms with Gasteiger partial charge in [0.25, 0.3) is 0 Å². The highest BCUT2D eigenvalue weighted by molar-refractivity contribution is 6.71. The highest BCUT2D eigenvalue weighted by Gasteiger charge is 2.20. The van der Waals surface area contributed by atoms with Gasteiger partial charge < -0.3 is 9.16 Å². The molecule has 0 saturated carbocycles. The van der Waals surface area contributed by atoms with Gasteiger partial charge in [-0.15, -0.1) is 0 Å². The molecule has 0 fully saturated rings. The van der Waals surface area contributed by atoms with Crippen molar-refractivity contribution in [2.75, 3.05) is 7.11 Å². The van der Waals surface area contributed by atoms with Crippen molar-refractivity contribution in [2.24, 2.45) is 0 Å². The van der Waals surface area contributed by atoms with Crippen molar-refractivity contribution in [1.82, 2.24) is 0 Å². The van der Waals surface area contributed by atoms with Gasteiger partial charge in [0.1, 0.15) is 0 Å². The Bertz CT molecular complexity index is 214. The fraction of sp³-hybridized carbons (Fsp3) is 0.727. The van der Waals surface area contributed by atoms with Crippen LogP contribution in [0, 0.1) is 0 Å². The Balaban J connectivity index is 3.68. The van der Waals surface area contributed by atoms with Gasteiger partial charge in [-0.25, -0.2) is 4.79 Å². The zero-order valence-corrected chi connectivity index (χ0v) is 11.2. The topological polar surface area (TPSA) is 35.5 Å². The van der Waals surface area contributed by atoms with Crippen LogP contribution >= 0.6 is 0 Å². The quantitative estimate of drug-likeness (QED) is 0.383. The van der Waals surface area contributed by atoms with Crippen LogP contribution in [0.15, 0.2) is 12.7 Å². The molecule has 0 saturated heterocycles. The van der Waals surface area contributed by atoms with E-state index in [1.165, 1.54) is 6.08 Å². The Morgan fingerprint density at radius 1 is 1.53 bits per heavy atom. The van der Waals surface area contributed by atoms with Crippen LogP contribution in [0.3, 0.4) is 0 Å². The summed E-state index contributed by atoms with van der Waals surface area (Å²) in [6, 6.07) is 1.10. The molecule has 0 heterocycles. The molecule has 0 bridgehead atoms. The normalized spacial score (nSPS) is 13.3. The number of carbonyl (C=O) groups excluding carboxylic acids is 1. The summed E-state index contributed by atoms with van der Waals surface area (Å²) in [7, 11) is 0.318. The zero-order valence-electron chi connectivity index (χ0n) is 10.2. The number of hydrogen-bond donors (Lipinski definition) is 0. The summed E-state index contributed by atoms with van der Waals surface area (Å²) in [6.07, 6.45) is 3.10. The molecule has 0 aliphatic heterocycles. The Morgan fingerprint density at radius 3 is 2.60 bits per heavy atom. The van der Waals surface area contributed by atoms with Crippen molar-refractivity contribution in [2.45, 2.75) is 45.0 Å². The maximum Gasteiger partial charge on any atom is 0.330 e. The molecule has 4 heteroatoms. The summed E-state index contributed by atoms with van der Waals surface area (Å²) in [5.74, 6) is -0.342. The Hall–Kier alpha value is -0.613. The summed E-state index contributed by atoms with van der Waals surface area (Å²) in [4.78, 5) is 10.9. The van der Waals surface area contributed by atoms with Crippen molar-refractivity contribution in [3.63, 3.8) is 0 Å². The summed E-state index contributed by atoms with van der Waals surface area (Å²) >= 11 is 0. The minimum atomic E-state index is -1.45. The van der Waals surface area contributed by atoms with Crippen LogP contribution in [0.4, 0.5) is 0 Å². The lowest BCUT2D eigenvalue weighted by molar-refractivity contribution is -0.142. The summed E-state index contributed by atoms with van der Waals surface area (Å²) < 4.78 is 10.5. The van der Waals surface area contributed by atoms with Gasteiger partial charge in [0.05, 0.1) is 6.10 Å². The van der Waals surface area contributed by atoms with E-state index in [9.17, 15) is 4.79 Å². The van der Waals surface area contributed by atoms with Crippen LogP contribution < -0.4 is 0 Å².